The molecule has 1 fully saturated rings. The molecule has 2 aliphatic heterocycles. The average molecular weight is 279 g/mol. The summed E-state index contributed by atoms with van der Waals surface area (Å²) < 4.78 is 0. The van der Waals surface area contributed by atoms with Gasteiger partial charge in [0.15, 0.2) is 0 Å². The van der Waals surface area contributed by atoms with Gasteiger partial charge in [-0.25, -0.2) is 0 Å². The standard InChI is InChI=1S/C14H17NOS2/c16-14(15-6-3-8-17-9-7-15)12-10-18-13-5-2-1-4-11(12)13/h1-2,4-5,12H,3,6-10H2. The van der Waals surface area contributed by atoms with E-state index in [0.29, 0.717) is 5.91 Å². The van der Waals surface area contributed by atoms with Crippen LogP contribution < -0.4 is 0 Å². The Labute approximate surface area is 117 Å². The van der Waals surface area contributed by atoms with Gasteiger partial charge in [-0.05, 0) is 23.8 Å². The molecular weight excluding hydrogens is 262 g/mol. The summed E-state index contributed by atoms with van der Waals surface area (Å²) in [6, 6.07) is 8.35. The van der Waals surface area contributed by atoms with E-state index in [-0.39, 0.29) is 5.92 Å². The first-order valence-electron chi connectivity index (χ1n) is 6.44. The molecule has 1 atom stereocenters. The lowest BCUT2D eigenvalue weighted by Gasteiger charge is -2.23. The second-order valence-electron chi connectivity index (χ2n) is 4.69. The molecule has 96 valence electrons. The molecule has 0 bridgehead atoms. The van der Waals surface area contributed by atoms with Crippen LogP contribution in [-0.2, 0) is 4.79 Å². The summed E-state index contributed by atoms with van der Waals surface area (Å²) in [5.74, 6) is 3.64. The molecule has 4 heteroatoms. The van der Waals surface area contributed by atoms with E-state index in [1.54, 1.807) is 0 Å². The molecule has 18 heavy (non-hydrogen) atoms. The Morgan fingerprint density at radius 2 is 2.11 bits per heavy atom. The lowest BCUT2D eigenvalue weighted by Crippen LogP contribution is -2.36. The Morgan fingerprint density at radius 3 is 3.06 bits per heavy atom. The third-order valence-electron chi connectivity index (χ3n) is 3.53. The maximum atomic E-state index is 12.6. The van der Waals surface area contributed by atoms with Crippen molar-refractivity contribution in [2.75, 3.05) is 30.3 Å². The van der Waals surface area contributed by atoms with E-state index in [1.165, 1.54) is 16.2 Å². The Morgan fingerprint density at radius 1 is 1.22 bits per heavy atom. The molecule has 1 aromatic carbocycles. The predicted octanol–water partition coefficient (Wildman–Crippen LogP) is 2.84. The van der Waals surface area contributed by atoms with Crippen molar-refractivity contribution in [3.8, 4) is 0 Å². The van der Waals surface area contributed by atoms with E-state index >= 15 is 0 Å². The zero-order valence-electron chi connectivity index (χ0n) is 10.3. The van der Waals surface area contributed by atoms with Crippen LogP contribution in [-0.4, -0.2) is 41.2 Å². The molecule has 0 saturated carbocycles. The lowest BCUT2D eigenvalue weighted by molar-refractivity contribution is -0.132. The van der Waals surface area contributed by atoms with Crippen LogP contribution in [0.4, 0.5) is 0 Å². The third-order valence-corrected chi connectivity index (χ3v) is 5.76. The minimum Gasteiger partial charge on any atom is -0.341 e. The fraction of sp³-hybridized carbons (Fsp3) is 0.500. The van der Waals surface area contributed by atoms with Gasteiger partial charge in [-0.15, -0.1) is 11.8 Å². The van der Waals surface area contributed by atoms with E-state index in [0.717, 1.165) is 31.0 Å². The van der Waals surface area contributed by atoms with E-state index in [9.17, 15) is 4.79 Å². The third kappa shape index (κ3) is 2.41. The van der Waals surface area contributed by atoms with Crippen LogP contribution in [0.15, 0.2) is 29.2 Å². The smallest absolute Gasteiger partial charge is 0.231 e. The molecule has 0 aromatic heterocycles. The van der Waals surface area contributed by atoms with Gasteiger partial charge < -0.3 is 4.90 Å². The number of amides is 1. The molecule has 1 unspecified atom stereocenters. The van der Waals surface area contributed by atoms with Crippen molar-refractivity contribution in [2.45, 2.75) is 17.2 Å². The minimum absolute atomic E-state index is 0.0919. The zero-order chi connectivity index (χ0) is 12.4. The molecule has 3 rings (SSSR count). The Kier molecular flexibility index (Phi) is 3.85. The average Bonchev–Trinajstić information content (AvgIpc) is 2.65. The molecule has 0 radical (unpaired) electrons. The highest BCUT2D eigenvalue weighted by Gasteiger charge is 2.32. The van der Waals surface area contributed by atoms with Crippen LogP contribution in [0.3, 0.4) is 0 Å². The molecule has 0 N–H and O–H groups in total. The van der Waals surface area contributed by atoms with Crippen LogP contribution in [0.1, 0.15) is 17.9 Å². The van der Waals surface area contributed by atoms with Gasteiger partial charge in [0, 0.05) is 29.5 Å². The Hall–Kier alpha value is -0.610. The number of thioether (sulfide) groups is 2. The number of hydrogen-bond acceptors (Lipinski definition) is 3. The first-order valence-corrected chi connectivity index (χ1v) is 8.58. The van der Waals surface area contributed by atoms with E-state index < -0.39 is 0 Å². The number of rotatable bonds is 1. The van der Waals surface area contributed by atoms with E-state index in [2.05, 4.69) is 23.1 Å². The van der Waals surface area contributed by atoms with Crippen molar-refractivity contribution in [2.24, 2.45) is 0 Å². The van der Waals surface area contributed by atoms with Gasteiger partial charge >= 0.3 is 0 Å². The number of benzene rings is 1. The number of hydrogen-bond donors (Lipinski definition) is 0. The largest absolute Gasteiger partial charge is 0.341 e. The predicted molar refractivity (Wildman–Crippen MR) is 78.4 cm³/mol. The molecule has 1 saturated heterocycles. The van der Waals surface area contributed by atoms with Gasteiger partial charge in [0.1, 0.15) is 0 Å². The highest BCUT2D eigenvalue weighted by Crippen LogP contribution is 2.40. The van der Waals surface area contributed by atoms with Crippen molar-refractivity contribution in [1.82, 2.24) is 4.90 Å². The van der Waals surface area contributed by atoms with Crippen molar-refractivity contribution < 1.29 is 4.79 Å². The summed E-state index contributed by atoms with van der Waals surface area (Å²) in [7, 11) is 0. The van der Waals surface area contributed by atoms with Gasteiger partial charge in [0.25, 0.3) is 0 Å². The van der Waals surface area contributed by atoms with Crippen LogP contribution >= 0.6 is 23.5 Å². The molecule has 1 amide bonds. The summed E-state index contributed by atoms with van der Waals surface area (Å²) in [4.78, 5) is 16.0. The zero-order valence-corrected chi connectivity index (χ0v) is 11.9. The van der Waals surface area contributed by atoms with Gasteiger partial charge in [-0.1, -0.05) is 18.2 Å². The van der Waals surface area contributed by atoms with Crippen LogP contribution in [0, 0.1) is 0 Å². The molecule has 2 nitrogen and oxygen atoms in total. The lowest BCUT2D eigenvalue weighted by atomic mass is 10.00. The SMILES string of the molecule is O=C(C1CSc2ccccc21)N1CCCSCC1. The fourth-order valence-electron chi connectivity index (χ4n) is 2.55. The highest BCUT2D eigenvalue weighted by molar-refractivity contribution is 7.99. The highest BCUT2D eigenvalue weighted by atomic mass is 32.2. The molecule has 2 heterocycles. The molecule has 2 aliphatic rings. The summed E-state index contributed by atoms with van der Waals surface area (Å²) in [6.07, 6.45) is 1.14. The summed E-state index contributed by atoms with van der Waals surface area (Å²) >= 11 is 3.79. The van der Waals surface area contributed by atoms with Crippen molar-refractivity contribution in [3.05, 3.63) is 29.8 Å². The first kappa shape index (κ1) is 12.4. The maximum Gasteiger partial charge on any atom is 0.231 e. The second kappa shape index (κ2) is 5.57. The van der Waals surface area contributed by atoms with Crippen molar-refractivity contribution >= 4 is 29.4 Å². The number of carbonyl (C=O) groups is 1. The first-order chi connectivity index (χ1) is 8.86. The van der Waals surface area contributed by atoms with Gasteiger partial charge in [0.2, 0.25) is 5.91 Å². The van der Waals surface area contributed by atoms with Gasteiger partial charge in [-0.3, -0.25) is 4.79 Å². The normalized spacial score (nSPS) is 23.6. The van der Waals surface area contributed by atoms with Crippen LogP contribution in [0.25, 0.3) is 0 Å². The number of fused-ring (bicyclic) bond motifs is 1. The van der Waals surface area contributed by atoms with Gasteiger partial charge in [-0.2, -0.15) is 11.8 Å². The Balaban J connectivity index is 1.77. The Bertz CT molecular complexity index is 441. The number of nitrogens with zero attached hydrogens (tertiary/aromatic N) is 1. The molecule has 0 aliphatic carbocycles. The summed E-state index contributed by atoms with van der Waals surface area (Å²) in [6.45, 7) is 1.86. The second-order valence-corrected chi connectivity index (χ2v) is 6.98. The topological polar surface area (TPSA) is 20.3 Å². The summed E-state index contributed by atoms with van der Waals surface area (Å²) in [5.41, 5.74) is 1.24. The van der Waals surface area contributed by atoms with Crippen LogP contribution in [0.2, 0.25) is 0 Å². The monoisotopic (exact) mass is 279 g/mol. The molecular formula is C14H17NOS2. The van der Waals surface area contributed by atoms with Gasteiger partial charge in [0.05, 0.1) is 5.92 Å². The quantitative estimate of drug-likeness (QED) is 0.788. The van der Waals surface area contributed by atoms with Crippen LogP contribution in [0.5, 0.6) is 0 Å². The van der Waals surface area contributed by atoms with E-state index in [1.807, 2.05) is 29.6 Å². The molecule has 1 aromatic rings. The summed E-state index contributed by atoms with van der Waals surface area (Å²) in [5, 5.41) is 0. The van der Waals surface area contributed by atoms with E-state index in [4.69, 9.17) is 0 Å². The van der Waals surface area contributed by atoms with Crippen molar-refractivity contribution in [1.29, 1.82) is 0 Å². The molecule has 0 spiro atoms. The minimum atomic E-state index is 0.0919. The number of carbonyl (C=O) groups excluding carboxylic acids is 1. The van der Waals surface area contributed by atoms with Crippen molar-refractivity contribution in [3.63, 3.8) is 0 Å². The fourth-order valence-corrected chi connectivity index (χ4v) is 4.66. The maximum absolute atomic E-state index is 12.6.